The fourth-order valence-electron chi connectivity index (χ4n) is 2.39. The molecule has 0 amide bonds. The van der Waals surface area contributed by atoms with E-state index in [1.54, 1.807) is 12.1 Å². The SMILES string of the molecule is CN(c1ccc(C(=O)COC(=O)[C@@H]2CC=CCC2)cc1)S(C)(=O)=O. The Labute approximate surface area is 142 Å². The summed E-state index contributed by atoms with van der Waals surface area (Å²) < 4.78 is 29.2. The minimum absolute atomic E-state index is 0.173. The molecule has 2 rings (SSSR count). The highest BCUT2D eigenvalue weighted by atomic mass is 32.2. The summed E-state index contributed by atoms with van der Waals surface area (Å²) in [4.78, 5) is 24.0. The first-order chi connectivity index (χ1) is 11.3. The lowest BCUT2D eigenvalue weighted by molar-refractivity contribution is -0.147. The van der Waals surface area contributed by atoms with Crippen molar-refractivity contribution in [3.05, 3.63) is 42.0 Å². The average molecular weight is 351 g/mol. The van der Waals surface area contributed by atoms with Crippen molar-refractivity contribution in [3.63, 3.8) is 0 Å². The van der Waals surface area contributed by atoms with Gasteiger partial charge in [0.15, 0.2) is 12.4 Å². The van der Waals surface area contributed by atoms with Gasteiger partial charge in [-0.15, -0.1) is 0 Å². The van der Waals surface area contributed by atoms with Crippen molar-refractivity contribution >= 4 is 27.5 Å². The van der Waals surface area contributed by atoms with Gasteiger partial charge in [0, 0.05) is 12.6 Å². The van der Waals surface area contributed by atoms with Crippen LogP contribution in [0.5, 0.6) is 0 Å². The minimum atomic E-state index is -3.35. The highest BCUT2D eigenvalue weighted by Crippen LogP contribution is 2.20. The van der Waals surface area contributed by atoms with Crippen molar-refractivity contribution in [1.29, 1.82) is 0 Å². The lowest BCUT2D eigenvalue weighted by Crippen LogP contribution is -2.25. The van der Waals surface area contributed by atoms with Crippen LogP contribution in [0.25, 0.3) is 0 Å². The number of hydrogen-bond acceptors (Lipinski definition) is 5. The number of ether oxygens (including phenoxy) is 1. The van der Waals surface area contributed by atoms with E-state index in [0.717, 1.165) is 23.4 Å². The first-order valence-corrected chi connectivity index (χ1v) is 9.52. The van der Waals surface area contributed by atoms with Crippen molar-refractivity contribution in [2.45, 2.75) is 19.3 Å². The molecule has 0 heterocycles. The van der Waals surface area contributed by atoms with Crippen LogP contribution in [0.2, 0.25) is 0 Å². The molecular weight excluding hydrogens is 330 g/mol. The number of Topliss-reactive ketones (excluding diaryl/α,β-unsaturated/α-hetero) is 1. The van der Waals surface area contributed by atoms with Crippen LogP contribution in [-0.2, 0) is 19.6 Å². The predicted octanol–water partition coefficient (Wildman–Crippen LogP) is 2.16. The zero-order valence-electron chi connectivity index (χ0n) is 13.8. The predicted molar refractivity (Wildman–Crippen MR) is 91.5 cm³/mol. The number of rotatable bonds is 6. The number of anilines is 1. The van der Waals surface area contributed by atoms with Crippen LogP contribution in [0.15, 0.2) is 36.4 Å². The van der Waals surface area contributed by atoms with Gasteiger partial charge in [-0.05, 0) is 43.5 Å². The summed E-state index contributed by atoms with van der Waals surface area (Å²) in [6.07, 6.45) is 7.34. The maximum Gasteiger partial charge on any atom is 0.309 e. The Hall–Kier alpha value is -2.15. The van der Waals surface area contributed by atoms with Gasteiger partial charge >= 0.3 is 5.97 Å². The van der Waals surface area contributed by atoms with Crippen molar-refractivity contribution in [3.8, 4) is 0 Å². The van der Waals surface area contributed by atoms with Crippen LogP contribution in [0, 0.1) is 5.92 Å². The molecule has 0 bridgehead atoms. The van der Waals surface area contributed by atoms with E-state index >= 15 is 0 Å². The third-order valence-corrected chi connectivity index (χ3v) is 5.20. The Morgan fingerprint density at radius 2 is 1.88 bits per heavy atom. The Balaban J connectivity index is 1.93. The molecule has 0 radical (unpaired) electrons. The van der Waals surface area contributed by atoms with Gasteiger partial charge in [-0.25, -0.2) is 8.42 Å². The molecule has 1 aromatic carbocycles. The quantitative estimate of drug-likeness (QED) is 0.446. The number of carbonyl (C=O) groups excluding carboxylic acids is 2. The van der Waals surface area contributed by atoms with Crippen LogP contribution in [-0.4, -0.2) is 40.1 Å². The molecular formula is C17H21NO5S. The van der Waals surface area contributed by atoms with Gasteiger partial charge in [-0.1, -0.05) is 12.2 Å². The van der Waals surface area contributed by atoms with Gasteiger partial charge in [0.1, 0.15) is 0 Å². The summed E-state index contributed by atoms with van der Waals surface area (Å²) in [5.41, 5.74) is 0.831. The molecule has 1 atom stereocenters. The summed E-state index contributed by atoms with van der Waals surface area (Å²) in [5.74, 6) is -0.835. The number of nitrogens with zero attached hydrogens (tertiary/aromatic N) is 1. The maximum atomic E-state index is 12.1. The fraction of sp³-hybridized carbons (Fsp3) is 0.412. The number of ketones is 1. The topological polar surface area (TPSA) is 80.8 Å². The van der Waals surface area contributed by atoms with E-state index in [1.165, 1.54) is 19.2 Å². The molecule has 0 spiro atoms. The van der Waals surface area contributed by atoms with Gasteiger partial charge in [0.2, 0.25) is 10.0 Å². The van der Waals surface area contributed by atoms with Gasteiger partial charge in [0.05, 0.1) is 17.9 Å². The van der Waals surface area contributed by atoms with Gasteiger partial charge < -0.3 is 4.74 Å². The fourth-order valence-corrected chi connectivity index (χ4v) is 2.90. The zero-order chi connectivity index (χ0) is 17.7. The molecule has 130 valence electrons. The molecule has 24 heavy (non-hydrogen) atoms. The number of allylic oxidation sites excluding steroid dienone is 2. The summed E-state index contributed by atoms with van der Waals surface area (Å²) in [5, 5.41) is 0. The number of esters is 1. The largest absolute Gasteiger partial charge is 0.457 e. The maximum absolute atomic E-state index is 12.1. The second-order valence-electron chi connectivity index (χ2n) is 5.79. The van der Waals surface area contributed by atoms with Crippen LogP contribution >= 0.6 is 0 Å². The Kier molecular flexibility index (Phi) is 5.77. The molecule has 0 N–H and O–H groups in total. The number of benzene rings is 1. The smallest absolute Gasteiger partial charge is 0.309 e. The molecule has 7 heteroatoms. The van der Waals surface area contributed by atoms with Gasteiger partial charge in [-0.2, -0.15) is 0 Å². The first kappa shape index (κ1) is 18.2. The summed E-state index contributed by atoms with van der Waals surface area (Å²) >= 11 is 0. The molecule has 1 aromatic rings. The standard InChI is InChI=1S/C17H21NO5S/c1-18(24(2,21)22)15-10-8-13(9-11-15)16(19)12-23-17(20)14-6-4-3-5-7-14/h3-4,8-11,14H,5-7,12H2,1-2H3/t14-/m1/s1. The zero-order valence-corrected chi connectivity index (χ0v) is 14.6. The molecule has 0 unspecified atom stereocenters. The van der Waals surface area contributed by atoms with Gasteiger partial charge in [-0.3, -0.25) is 13.9 Å². The highest BCUT2D eigenvalue weighted by molar-refractivity contribution is 7.92. The number of sulfonamides is 1. The van der Waals surface area contributed by atoms with E-state index in [4.69, 9.17) is 4.74 Å². The Morgan fingerprint density at radius 1 is 1.21 bits per heavy atom. The van der Waals surface area contributed by atoms with Crippen LogP contribution < -0.4 is 4.31 Å². The third kappa shape index (κ3) is 4.67. The Morgan fingerprint density at radius 3 is 2.42 bits per heavy atom. The highest BCUT2D eigenvalue weighted by Gasteiger charge is 2.21. The van der Waals surface area contributed by atoms with Crippen LogP contribution in [0.4, 0.5) is 5.69 Å². The number of hydrogen-bond donors (Lipinski definition) is 0. The van der Waals surface area contributed by atoms with Crippen molar-refractivity contribution in [1.82, 2.24) is 0 Å². The Bertz CT molecular complexity index is 737. The van der Waals surface area contributed by atoms with E-state index in [2.05, 4.69) is 0 Å². The van der Waals surface area contributed by atoms with Gasteiger partial charge in [0.25, 0.3) is 0 Å². The van der Waals surface area contributed by atoms with Crippen molar-refractivity contribution < 1.29 is 22.7 Å². The molecule has 1 aliphatic carbocycles. The minimum Gasteiger partial charge on any atom is -0.457 e. The van der Waals surface area contributed by atoms with E-state index in [0.29, 0.717) is 17.7 Å². The summed E-state index contributed by atoms with van der Waals surface area (Å²) in [6, 6.07) is 6.14. The lowest BCUT2D eigenvalue weighted by atomic mass is 9.95. The lowest BCUT2D eigenvalue weighted by Gasteiger charge is -2.17. The third-order valence-electron chi connectivity index (χ3n) is 4.00. The second-order valence-corrected chi connectivity index (χ2v) is 7.80. The molecule has 1 aliphatic rings. The van der Waals surface area contributed by atoms with Crippen molar-refractivity contribution in [2.24, 2.45) is 5.92 Å². The average Bonchev–Trinajstić information content (AvgIpc) is 2.58. The first-order valence-electron chi connectivity index (χ1n) is 7.68. The van der Waals surface area contributed by atoms with Crippen LogP contribution in [0.3, 0.4) is 0 Å². The van der Waals surface area contributed by atoms with E-state index < -0.39 is 10.0 Å². The second kappa shape index (κ2) is 7.61. The normalized spacial score (nSPS) is 17.3. The molecule has 0 saturated carbocycles. The van der Waals surface area contributed by atoms with Crippen LogP contribution in [0.1, 0.15) is 29.6 Å². The van der Waals surface area contributed by atoms with Crippen molar-refractivity contribution in [2.75, 3.05) is 24.2 Å². The van der Waals surface area contributed by atoms with E-state index in [9.17, 15) is 18.0 Å². The summed E-state index contributed by atoms with van der Waals surface area (Å²) in [6.45, 7) is -0.305. The number of carbonyl (C=O) groups is 2. The van der Waals surface area contributed by atoms with E-state index in [1.807, 2.05) is 12.2 Å². The molecule has 0 fully saturated rings. The molecule has 0 saturated heterocycles. The molecule has 0 aliphatic heterocycles. The summed E-state index contributed by atoms with van der Waals surface area (Å²) in [7, 11) is -1.91. The monoisotopic (exact) mass is 351 g/mol. The molecule has 0 aromatic heterocycles. The molecule has 6 nitrogen and oxygen atoms in total. The van der Waals surface area contributed by atoms with E-state index in [-0.39, 0.29) is 24.3 Å².